The molecule has 28 heavy (non-hydrogen) atoms. The highest BCUT2D eigenvalue weighted by Gasteiger charge is 2.16. The average Bonchev–Trinajstić information content (AvgIpc) is 3.46. The summed E-state index contributed by atoms with van der Waals surface area (Å²) in [6, 6.07) is 3.93. The molecule has 0 radical (unpaired) electrons. The fourth-order valence-electron chi connectivity index (χ4n) is 3.68. The Morgan fingerprint density at radius 2 is 2.11 bits per heavy atom. The molecule has 1 saturated heterocycles. The third-order valence-corrected chi connectivity index (χ3v) is 6.51. The molecule has 0 aromatic carbocycles. The van der Waals surface area contributed by atoms with Crippen LogP contribution in [0.1, 0.15) is 40.6 Å². The first kappa shape index (κ1) is 19.5. The lowest BCUT2D eigenvalue weighted by Crippen LogP contribution is -2.39. The number of thiazole rings is 1. The van der Waals surface area contributed by atoms with Crippen LogP contribution in [-0.4, -0.2) is 43.8 Å². The summed E-state index contributed by atoms with van der Waals surface area (Å²) >= 11 is 1.90. The lowest BCUT2D eigenvalue weighted by atomic mass is 10.0. The second kappa shape index (κ2) is 10.1. The number of furan rings is 1. The van der Waals surface area contributed by atoms with Crippen LogP contribution in [0.25, 0.3) is 0 Å². The molecule has 3 heterocycles. The summed E-state index contributed by atoms with van der Waals surface area (Å²) in [5, 5.41) is 8.17. The van der Waals surface area contributed by atoms with Crippen LogP contribution >= 0.6 is 11.3 Å². The van der Waals surface area contributed by atoms with Crippen molar-refractivity contribution >= 4 is 17.3 Å². The van der Waals surface area contributed by atoms with Gasteiger partial charge in [-0.3, -0.25) is 4.99 Å². The van der Waals surface area contributed by atoms with Crippen molar-refractivity contribution in [3.05, 3.63) is 39.7 Å². The van der Waals surface area contributed by atoms with E-state index in [2.05, 4.69) is 10.6 Å². The minimum absolute atomic E-state index is 0.536. The van der Waals surface area contributed by atoms with Crippen LogP contribution in [0.2, 0.25) is 0 Å². The number of rotatable bonds is 8. The molecule has 1 unspecified atom stereocenters. The van der Waals surface area contributed by atoms with Gasteiger partial charge in [-0.2, -0.15) is 0 Å². The van der Waals surface area contributed by atoms with Gasteiger partial charge in [0, 0.05) is 49.9 Å². The van der Waals surface area contributed by atoms with E-state index in [4.69, 9.17) is 19.1 Å². The third-order valence-electron chi connectivity index (χ3n) is 5.30. The molecule has 7 heteroatoms. The number of nitrogens with zero attached hydrogens (tertiary/aromatic N) is 2. The summed E-state index contributed by atoms with van der Waals surface area (Å²) < 4.78 is 10.9. The van der Waals surface area contributed by atoms with E-state index in [1.807, 2.05) is 23.5 Å². The molecular weight excluding hydrogens is 372 g/mol. The molecule has 0 saturated carbocycles. The fourth-order valence-corrected chi connectivity index (χ4v) is 4.84. The first-order chi connectivity index (χ1) is 13.9. The van der Waals surface area contributed by atoms with E-state index in [-0.39, 0.29) is 0 Å². The van der Waals surface area contributed by atoms with Gasteiger partial charge >= 0.3 is 0 Å². The van der Waals surface area contributed by atoms with Crippen LogP contribution in [0.4, 0.5) is 0 Å². The molecule has 1 aliphatic heterocycles. The number of ether oxygens (including phenoxy) is 1. The van der Waals surface area contributed by atoms with Crippen LogP contribution in [0.5, 0.6) is 0 Å². The molecule has 152 valence electrons. The van der Waals surface area contributed by atoms with Crippen molar-refractivity contribution in [3.63, 3.8) is 0 Å². The second-order valence-corrected chi connectivity index (χ2v) is 8.70. The maximum Gasteiger partial charge on any atom is 0.191 e. The highest BCUT2D eigenvalue weighted by atomic mass is 32.1. The molecule has 4 rings (SSSR count). The fraction of sp³-hybridized carbons (Fsp3) is 0.619. The van der Waals surface area contributed by atoms with Gasteiger partial charge in [0.05, 0.1) is 23.6 Å². The van der Waals surface area contributed by atoms with Crippen LogP contribution < -0.4 is 10.6 Å². The molecule has 2 aromatic heterocycles. The molecule has 2 N–H and O–H groups in total. The molecule has 1 aliphatic carbocycles. The van der Waals surface area contributed by atoms with Crippen LogP contribution in [0, 0.1) is 5.92 Å². The van der Waals surface area contributed by atoms with Crippen molar-refractivity contribution in [2.45, 2.75) is 44.9 Å². The van der Waals surface area contributed by atoms with Crippen molar-refractivity contribution < 1.29 is 9.15 Å². The molecule has 0 spiro atoms. The summed E-state index contributed by atoms with van der Waals surface area (Å²) in [5.74, 6) is 2.40. The Morgan fingerprint density at radius 3 is 2.89 bits per heavy atom. The lowest BCUT2D eigenvalue weighted by molar-refractivity contribution is 0.187. The maximum atomic E-state index is 5.47. The lowest BCUT2D eigenvalue weighted by Gasteiger charge is -2.13. The van der Waals surface area contributed by atoms with Gasteiger partial charge in [-0.25, -0.2) is 4.98 Å². The van der Waals surface area contributed by atoms with Crippen molar-refractivity contribution in [3.8, 4) is 0 Å². The van der Waals surface area contributed by atoms with E-state index in [9.17, 15) is 0 Å². The Bertz CT molecular complexity index is 727. The van der Waals surface area contributed by atoms with E-state index < -0.39 is 0 Å². The van der Waals surface area contributed by atoms with Gasteiger partial charge in [0.25, 0.3) is 0 Å². The minimum atomic E-state index is 0.536. The SMILES string of the molecule is c1coc(CCNC(=NCC2CCOC2)NCCc2nc3c(s2)CCCC3)c1. The van der Waals surface area contributed by atoms with Gasteiger partial charge < -0.3 is 19.8 Å². The van der Waals surface area contributed by atoms with Crippen LogP contribution in [0.3, 0.4) is 0 Å². The van der Waals surface area contributed by atoms with Crippen LogP contribution in [0.15, 0.2) is 27.8 Å². The number of nitrogens with one attached hydrogen (secondary N) is 2. The molecule has 0 bridgehead atoms. The molecule has 6 nitrogen and oxygen atoms in total. The molecule has 1 fully saturated rings. The largest absolute Gasteiger partial charge is 0.469 e. The smallest absolute Gasteiger partial charge is 0.191 e. The topological polar surface area (TPSA) is 71.7 Å². The van der Waals surface area contributed by atoms with Gasteiger partial charge in [-0.05, 0) is 44.2 Å². The Balaban J connectivity index is 1.27. The van der Waals surface area contributed by atoms with Crippen molar-refractivity contribution in [1.29, 1.82) is 0 Å². The first-order valence-corrected chi connectivity index (χ1v) is 11.3. The maximum absolute atomic E-state index is 5.47. The Kier molecular flexibility index (Phi) is 7.00. The zero-order valence-electron chi connectivity index (χ0n) is 16.4. The quantitative estimate of drug-likeness (QED) is 0.525. The number of aryl methyl sites for hydroxylation is 2. The van der Waals surface area contributed by atoms with Crippen molar-refractivity contribution in [2.75, 3.05) is 32.8 Å². The van der Waals surface area contributed by atoms with Crippen molar-refractivity contribution in [1.82, 2.24) is 15.6 Å². The summed E-state index contributed by atoms with van der Waals surface area (Å²) in [5.41, 5.74) is 1.35. The summed E-state index contributed by atoms with van der Waals surface area (Å²) in [4.78, 5) is 11.1. The van der Waals surface area contributed by atoms with E-state index in [0.717, 1.165) is 70.3 Å². The second-order valence-electron chi connectivity index (χ2n) is 7.54. The van der Waals surface area contributed by atoms with Crippen LogP contribution in [-0.2, 0) is 30.4 Å². The Hall–Kier alpha value is -1.86. The van der Waals surface area contributed by atoms with E-state index in [0.29, 0.717) is 5.92 Å². The summed E-state index contributed by atoms with van der Waals surface area (Å²) in [7, 11) is 0. The third kappa shape index (κ3) is 5.58. The van der Waals surface area contributed by atoms with Gasteiger partial charge in [-0.1, -0.05) is 0 Å². The average molecular weight is 403 g/mol. The highest BCUT2D eigenvalue weighted by molar-refractivity contribution is 7.11. The van der Waals surface area contributed by atoms with Gasteiger partial charge in [-0.15, -0.1) is 11.3 Å². The predicted molar refractivity (Wildman–Crippen MR) is 112 cm³/mol. The molecule has 1 atom stereocenters. The number of guanidine groups is 1. The zero-order chi connectivity index (χ0) is 19.0. The summed E-state index contributed by atoms with van der Waals surface area (Å²) in [6.45, 7) is 4.14. The Morgan fingerprint density at radius 1 is 1.21 bits per heavy atom. The molecular formula is C21H30N4O2S. The monoisotopic (exact) mass is 402 g/mol. The summed E-state index contributed by atoms with van der Waals surface area (Å²) in [6.07, 6.45) is 9.59. The van der Waals surface area contributed by atoms with E-state index >= 15 is 0 Å². The van der Waals surface area contributed by atoms with E-state index in [1.165, 1.54) is 34.8 Å². The van der Waals surface area contributed by atoms with Gasteiger partial charge in [0.1, 0.15) is 5.76 Å². The number of fused-ring (bicyclic) bond motifs is 1. The predicted octanol–water partition coefficient (Wildman–Crippen LogP) is 2.97. The minimum Gasteiger partial charge on any atom is -0.469 e. The molecule has 2 aromatic rings. The normalized spacial score (nSPS) is 19.6. The number of hydrogen-bond acceptors (Lipinski definition) is 5. The number of aromatic nitrogens is 1. The Labute approximate surface area is 170 Å². The van der Waals surface area contributed by atoms with E-state index in [1.54, 1.807) is 6.26 Å². The standard InChI is InChI=1S/C21H30N4O2S/c1-2-6-19-18(5-1)25-20(28-19)8-11-23-21(24-14-16-9-13-26-15-16)22-10-7-17-4-3-12-27-17/h3-4,12,16H,1-2,5-11,13-15H2,(H2,22,23,24). The van der Waals surface area contributed by atoms with Gasteiger partial charge in [0.15, 0.2) is 5.96 Å². The molecule has 2 aliphatic rings. The number of aliphatic imine (C=N–C) groups is 1. The van der Waals surface area contributed by atoms with Crippen molar-refractivity contribution in [2.24, 2.45) is 10.9 Å². The zero-order valence-corrected chi connectivity index (χ0v) is 17.2. The van der Waals surface area contributed by atoms with Gasteiger partial charge in [0.2, 0.25) is 0 Å². The first-order valence-electron chi connectivity index (χ1n) is 10.5. The number of hydrogen-bond donors (Lipinski definition) is 2. The molecule has 0 amide bonds. The highest BCUT2D eigenvalue weighted by Crippen LogP contribution is 2.26.